The van der Waals surface area contributed by atoms with Crippen molar-refractivity contribution in [1.29, 1.82) is 0 Å². The zero-order valence-electron chi connectivity index (χ0n) is 20.0. The van der Waals surface area contributed by atoms with Crippen molar-refractivity contribution in [2.75, 3.05) is 32.1 Å². The molecule has 0 atom stereocenters. The number of anilines is 1. The van der Waals surface area contributed by atoms with E-state index in [0.29, 0.717) is 38.2 Å². The van der Waals surface area contributed by atoms with E-state index in [1.807, 2.05) is 24.3 Å². The minimum absolute atomic E-state index is 0.0142. The molecule has 3 rings (SSSR count). The Morgan fingerprint density at radius 2 is 1.75 bits per heavy atom. The molecule has 1 heterocycles. The van der Waals surface area contributed by atoms with E-state index in [1.165, 1.54) is 24.3 Å². The molecular formula is C25H30F2N4O5. The number of carbonyl (C=O) groups excluding carboxylic acids is 3. The fourth-order valence-electron chi connectivity index (χ4n) is 3.84. The summed E-state index contributed by atoms with van der Waals surface area (Å²) in [7, 11) is 1.59. The summed E-state index contributed by atoms with van der Waals surface area (Å²) in [6.45, 7) is -1.41. The predicted octanol–water partition coefficient (Wildman–Crippen LogP) is 3.36. The molecule has 0 aromatic heterocycles. The Morgan fingerprint density at radius 3 is 2.42 bits per heavy atom. The van der Waals surface area contributed by atoms with Crippen LogP contribution in [-0.4, -0.2) is 56.1 Å². The Labute approximate surface area is 208 Å². The average Bonchev–Trinajstić information content (AvgIpc) is 2.88. The number of carbonyl (C=O) groups is 3. The van der Waals surface area contributed by atoms with Gasteiger partial charge in [0.15, 0.2) is 0 Å². The lowest BCUT2D eigenvalue weighted by atomic mass is 9.95. The number of piperidine rings is 1. The Morgan fingerprint density at radius 1 is 1.03 bits per heavy atom. The molecule has 2 aromatic rings. The normalized spacial score (nSPS) is 13.7. The van der Waals surface area contributed by atoms with Crippen molar-refractivity contribution < 1.29 is 32.6 Å². The monoisotopic (exact) mass is 504 g/mol. The number of methoxy groups -OCH3 is 1. The molecule has 36 heavy (non-hydrogen) atoms. The predicted molar refractivity (Wildman–Crippen MR) is 129 cm³/mol. The van der Waals surface area contributed by atoms with E-state index in [0.717, 1.165) is 11.3 Å². The maximum atomic E-state index is 12.5. The van der Waals surface area contributed by atoms with Crippen LogP contribution >= 0.6 is 0 Å². The number of halogens is 2. The SMILES string of the molecule is COc1cccc(CNC(=O)C2CCN(C(=O)CCNC(=O)Nc3ccc(OC(F)F)cc3)CC2)c1. The number of alkyl halides is 2. The molecule has 0 bridgehead atoms. The van der Waals surface area contributed by atoms with Gasteiger partial charge in [-0.15, -0.1) is 0 Å². The molecule has 3 N–H and O–H groups in total. The first-order valence-electron chi connectivity index (χ1n) is 11.6. The molecule has 1 aliphatic heterocycles. The van der Waals surface area contributed by atoms with Gasteiger partial charge in [0.2, 0.25) is 11.8 Å². The van der Waals surface area contributed by atoms with Crippen LogP contribution in [0.1, 0.15) is 24.8 Å². The Kier molecular flexibility index (Phi) is 9.84. The standard InChI is InChI=1S/C25H30F2N4O5/c1-35-21-4-2-3-17(15-21)16-29-23(33)18-10-13-31(14-11-18)22(32)9-12-28-25(34)30-19-5-7-20(8-6-19)36-24(26)27/h2-8,15,18,24H,9-14,16H2,1H3,(H,29,33)(H2,28,30,34). The van der Waals surface area contributed by atoms with Gasteiger partial charge < -0.3 is 30.3 Å². The van der Waals surface area contributed by atoms with Gasteiger partial charge in [-0.25, -0.2) is 4.79 Å². The van der Waals surface area contributed by atoms with E-state index in [9.17, 15) is 23.2 Å². The van der Waals surface area contributed by atoms with Crippen molar-refractivity contribution in [2.45, 2.75) is 32.4 Å². The highest BCUT2D eigenvalue weighted by Gasteiger charge is 2.27. The lowest BCUT2D eigenvalue weighted by Gasteiger charge is -2.31. The molecule has 194 valence electrons. The van der Waals surface area contributed by atoms with Crippen LogP contribution in [0.4, 0.5) is 19.3 Å². The zero-order valence-corrected chi connectivity index (χ0v) is 20.0. The molecule has 0 unspecified atom stereocenters. The topological polar surface area (TPSA) is 109 Å². The van der Waals surface area contributed by atoms with Crippen molar-refractivity contribution in [3.63, 3.8) is 0 Å². The number of benzene rings is 2. The molecule has 1 saturated heterocycles. The van der Waals surface area contributed by atoms with E-state index in [1.54, 1.807) is 12.0 Å². The third-order valence-corrected chi connectivity index (χ3v) is 5.78. The Bertz CT molecular complexity index is 1030. The quantitative estimate of drug-likeness (QED) is 0.460. The van der Waals surface area contributed by atoms with Gasteiger partial charge >= 0.3 is 12.6 Å². The van der Waals surface area contributed by atoms with Gasteiger partial charge in [-0.3, -0.25) is 9.59 Å². The van der Waals surface area contributed by atoms with Crippen LogP contribution in [0.15, 0.2) is 48.5 Å². The summed E-state index contributed by atoms with van der Waals surface area (Å²) in [6, 6.07) is 12.5. The second-order valence-electron chi connectivity index (χ2n) is 8.26. The highest BCUT2D eigenvalue weighted by atomic mass is 19.3. The number of rotatable bonds is 10. The number of ether oxygens (including phenoxy) is 2. The molecule has 0 saturated carbocycles. The lowest BCUT2D eigenvalue weighted by molar-refractivity contribution is -0.135. The maximum Gasteiger partial charge on any atom is 0.387 e. The molecule has 0 spiro atoms. The van der Waals surface area contributed by atoms with E-state index in [2.05, 4.69) is 20.7 Å². The van der Waals surface area contributed by atoms with Crippen molar-refractivity contribution in [3.05, 3.63) is 54.1 Å². The molecular weight excluding hydrogens is 474 g/mol. The van der Waals surface area contributed by atoms with Crippen LogP contribution in [0.5, 0.6) is 11.5 Å². The molecule has 1 fully saturated rings. The van der Waals surface area contributed by atoms with Crippen LogP contribution in [-0.2, 0) is 16.1 Å². The first kappa shape index (κ1) is 26.7. The fraction of sp³-hybridized carbons (Fsp3) is 0.400. The first-order chi connectivity index (χ1) is 17.3. The number of nitrogens with one attached hydrogen (secondary N) is 3. The molecule has 4 amide bonds. The minimum Gasteiger partial charge on any atom is -0.497 e. The third kappa shape index (κ3) is 8.40. The summed E-state index contributed by atoms with van der Waals surface area (Å²) in [4.78, 5) is 38.7. The van der Waals surface area contributed by atoms with Crippen LogP contribution in [0.2, 0.25) is 0 Å². The Balaban J connectivity index is 1.32. The molecule has 9 nitrogen and oxygen atoms in total. The van der Waals surface area contributed by atoms with Crippen molar-refractivity contribution in [3.8, 4) is 11.5 Å². The highest BCUT2D eigenvalue weighted by Crippen LogP contribution is 2.19. The molecule has 0 aliphatic carbocycles. The minimum atomic E-state index is -2.92. The Hall–Kier alpha value is -3.89. The lowest BCUT2D eigenvalue weighted by Crippen LogP contribution is -2.43. The summed E-state index contributed by atoms with van der Waals surface area (Å²) >= 11 is 0. The van der Waals surface area contributed by atoms with E-state index in [4.69, 9.17) is 4.74 Å². The van der Waals surface area contributed by atoms with E-state index < -0.39 is 12.6 Å². The second kappa shape index (κ2) is 13.3. The van der Waals surface area contributed by atoms with Crippen LogP contribution in [0, 0.1) is 5.92 Å². The van der Waals surface area contributed by atoms with Gasteiger partial charge in [0.25, 0.3) is 0 Å². The van der Waals surface area contributed by atoms with E-state index in [-0.39, 0.29) is 36.4 Å². The zero-order chi connectivity index (χ0) is 25.9. The molecule has 1 aliphatic rings. The van der Waals surface area contributed by atoms with Crippen LogP contribution < -0.4 is 25.4 Å². The number of hydrogen-bond donors (Lipinski definition) is 3. The van der Waals surface area contributed by atoms with Crippen LogP contribution in [0.25, 0.3) is 0 Å². The third-order valence-electron chi connectivity index (χ3n) is 5.78. The fourth-order valence-corrected chi connectivity index (χ4v) is 3.84. The summed E-state index contributed by atoms with van der Waals surface area (Å²) in [6.07, 6.45) is 1.28. The van der Waals surface area contributed by atoms with Gasteiger partial charge in [-0.2, -0.15) is 8.78 Å². The second-order valence-corrected chi connectivity index (χ2v) is 8.26. The largest absolute Gasteiger partial charge is 0.497 e. The maximum absolute atomic E-state index is 12.5. The van der Waals surface area contributed by atoms with Gasteiger partial charge in [-0.1, -0.05) is 12.1 Å². The average molecular weight is 505 g/mol. The number of urea groups is 1. The van der Waals surface area contributed by atoms with Gasteiger partial charge in [0, 0.05) is 44.2 Å². The summed E-state index contributed by atoms with van der Waals surface area (Å²) in [5.41, 5.74) is 1.34. The van der Waals surface area contributed by atoms with Gasteiger partial charge in [-0.05, 0) is 54.8 Å². The summed E-state index contributed by atoms with van der Waals surface area (Å²) < 4.78 is 33.8. The van der Waals surface area contributed by atoms with E-state index >= 15 is 0 Å². The van der Waals surface area contributed by atoms with Crippen molar-refractivity contribution in [2.24, 2.45) is 5.92 Å². The number of hydrogen-bond acceptors (Lipinski definition) is 5. The smallest absolute Gasteiger partial charge is 0.387 e. The number of nitrogens with zero attached hydrogens (tertiary/aromatic N) is 1. The summed E-state index contributed by atoms with van der Waals surface area (Å²) in [5.74, 6) is 0.439. The summed E-state index contributed by atoms with van der Waals surface area (Å²) in [5, 5.41) is 8.10. The van der Waals surface area contributed by atoms with Crippen molar-refractivity contribution >= 4 is 23.5 Å². The van der Waals surface area contributed by atoms with Crippen LogP contribution in [0.3, 0.4) is 0 Å². The van der Waals surface area contributed by atoms with Crippen molar-refractivity contribution in [1.82, 2.24) is 15.5 Å². The first-order valence-corrected chi connectivity index (χ1v) is 11.6. The number of amides is 4. The number of likely N-dealkylation sites (tertiary alicyclic amines) is 1. The molecule has 11 heteroatoms. The van der Waals surface area contributed by atoms with Gasteiger partial charge in [0.1, 0.15) is 11.5 Å². The molecule has 0 radical (unpaired) electrons. The van der Waals surface area contributed by atoms with Gasteiger partial charge in [0.05, 0.1) is 7.11 Å². The molecule has 2 aromatic carbocycles. The highest BCUT2D eigenvalue weighted by molar-refractivity contribution is 5.89.